The zero-order valence-electron chi connectivity index (χ0n) is 39.4. The van der Waals surface area contributed by atoms with Crippen LogP contribution in [0.4, 0.5) is 9.59 Å². The lowest BCUT2D eigenvalue weighted by molar-refractivity contribution is -0.153. The SMILES string of the molecule is CC(C)(C)OC(=O)ON1CCC[C@H]1c1ncc(-c2cnc(-c3ncc(-c4cnc([C@@H]5CCCN5C(=O)OC(C)(C)C)n4COCC[Si](C)(C)C)cn3)nc2)n1COCC[Si](C)(C)C. The first-order chi connectivity index (χ1) is 29.6. The number of ether oxygens (including phenoxy) is 4. The van der Waals surface area contributed by atoms with Gasteiger partial charge in [0.05, 0.1) is 29.8 Å². The zero-order chi connectivity index (χ0) is 45.7. The van der Waals surface area contributed by atoms with Crippen molar-refractivity contribution in [3.63, 3.8) is 0 Å². The van der Waals surface area contributed by atoms with Crippen molar-refractivity contribution in [1.82, 2.24) is 49.0 Å². The second-order valence-corrected chi connectivity index (χ2v) is 32.1. The van der Waals surface area contributed by atoms with Crippen LogP contribution in [0.5, 0.6) is 0 Å². The molecule has 2 saturated heterocycles. The number of amides is 1. The highest BCUT2D eigenvalue weighted by Crippen LogP contribution is 2.37. The molecule has 19 heteroatoms. The Morgan fingerprint density at radius 1 is 0.619 bits per heavy atom. The number of imidazole rings is 2. The molecule has 63 heavy (non-hydrogen) atoms. The molecule has 4 aromatic rings. The van der Waals surface area contributed by atoms with E-state index >= 15 is 0 Å². The minimum absolute atomic E-state index is 0.256. The monoisotopic (exact) mass is 904 g/mol. The molecule has 0 aromatic carbocycles. The van der Waals surface area contributed by atoms with E-state index in [0.717, 1.165) is 71.9 Å². The summed E-state index contributed by atoms with van der Waals surface area (Å²) < 4.78 is 27.8. The quantitative estimate of drug-likeness (QED) is 0.0591. The molecule has 2 atom stereocenters. The van der Waals surface area contributed by atoms with E-state index in [4.69, 9.17) is 53.7 Å². The van der Waals surface area contributed by atoms with Gasteiger partial charge in [-0.05, 0) is 79.3 Å². The van der Waals surface area contributed by atoms with Gasteiger partial charge in [-0.15, -0.1) is 5.06 Å². The molecule has 0 unspecified atom stereocenters. The number of hydrogen-bond donors (Lipinski definition) is 0. The van der Waals surface area contributed by atoms with Crippen LogP contribution in [0.15, 0.2) is 37.2 Å². The lowest BCUT2D eigenvalue weighted by atomic mass is 10.2. The van der Waals surface area contributed by atoms with E-state index in [2.05, 4.69) is 39.3 Å². The number of hydrogen-bond acceptors (Lipinski definition) is 14. The van der Waals surface area contributed by atoms with Crippen LogP contribution < -0.4 is 0 Å². The number of aromatic nitrogens is 8. The highest BCUT2D eigenvalue weighted by Gasteiger charge is 2.37. The summed E-state index contributed by atoms with van der Waals surface area (Å²) >= 11 is 0. The third-order valence-corrected chi connectivity index (χ3v) is 14.0. The maximum atomic E-state index is 13.3. The highest BCUT2D eigenvalue weighted by molar-refractivity contribution is 6.76. The van der Waals surface area contributed by atoms with Gasteiger partial charge in [0, 0.05) is 78.4 Å². The fourth-order valence-corrected chi connectivity index (χ4v) is 8.82. The smallest absolute Gasteiger partial charge is 0.444 e. The van der Waals surface area contributed by atoms with Crippen molar-refractivity contribution in [2.75, 3.05) is 26.3 Å². The highest BCUT2D eigenvalue weighted by atomic mass is 28.3. The van der Waals surface area contributed by atoms with Crippen molar-refractivity contribution in [2.24, 2.45) is 0 Å². The number of nitrogens with zero attached hydrogens (tertiary/aromatic N) is 10. The molecule has 0 aliphatic carbocycles. The Morgan fingerprint density at radius 3 is 1.52 bits per heavy atom. The average Bonchev–Trinajstić information content (AvgIpc) is 4.00. The van der Waals surface area contributed by atoms with Crippen molar-refractivity contribution in [1.29, 1.82) is 0 Å². The topological polar surface area (TPSA) is 174 Å². The summed E-state index contributed by atoms with van der Waals surface area (Å²) in [7, 11) is -2.65. The molecular weight excluding hydrogens is 837 g/mol. The Kier molecular flexibility index (Phi) is 15.0. The summed E-state index contributed by atoms with van der Waals surface area (Å²) in [5.41, 5.74) is 1.74. The number of carbonyl (C=O) groups excluding carboxylic acids is 2. The van der Waals surface area contributed by atoms with Crippen LogP contribution in [0.3, 0.4) is 0 Å². The molecular formula is C44H68N10O7Si2. The van der Waals surface area contributed by atoms with Crippen LogP contribution in [-0.2, 0) is 37.2 Å². The molecule has 2 aliphatic heterocycles. The predicted octanol–water partition coefficient (Wildman–Crippen LogP) is 9.36. The van der Waals surface area contributed by atoms with Crippen molar-refractivity contribution in [3.05, 3.63) is 48.8 Å². The van der Waals surface area contributed by atoms with Gasteiger partial charge in [-0.25, -0.2) is 39.5 Å². The minimum Gasteiger partial charge on any atom is -0.444 e. The lowest BCUT2D eigenvalue weighted by Gasteiger charge is -2.29. The molecule has 0 saturated carbocycles. The van der Waals surface area contributed by atoms with Gasteiger partial charge in [0.2, 0.25) is 0 Å². The molecule has 0 radical (unpaired) electrons. The van der Waals surface area contributed by atoms with Crippen molar-refractivity contribution < 1.29 is 33.4 Å². The van der Waals surface area contributed by atoms with Gasteiger partial charge in [0.15, 0.2) is 11.6 Å². The summed E-state index contributed by atoms with van der Waals surface area (Å²) in [6, 6.07) is 1.50. The standard InChI is InChI=1S/C44H68N10O7Si2/c1-43(2,3)59-41(55)51-17-13-15-33(51)39-49-27-35(52(39)29-57-19-21-62(7,8)9)31-23-45-37(46-24-31)38-47-25-32(26-48-38)36-28-50-40(53(36)30-58-20-22-63(10,11)12)34-16-14-18-54(34)61-42(56)60-44(4,5)6/h23-28,33-34H,13-22,29-30H2,1-12H3/t33-,34-/m0/s1. The second kappa shape index (κ2) is 19.7. The summed E-state index contributed by atoms with van der Waals surface area (Å²) in [5, 5.41) is 1.65. The molecule has 2 fully saturated rings. The predicted molar refractivity (Wildman–Crippen MR) is 245 cm³/mol. The van der Waals surface area contributed by atoms with Crippen LogP contribution in [0.25, 0.3) is 34.2 Å². The Balaban J connectivity index is 1.23. The largest absolute Gasteiger partial charge is 0.528 e. The molecule has 17 nitrogen and oxygen atoms in total. The number of likely N-dealkylation sites (tertiary alicyclic amines) is 1. The first kappa shape index (κ1) is 47.9. The van der Waals surface area contributed by atoms with E-state index in [-0.39, 0.29) is 31.6 Å². The molecule has 0 N–H and O–H groups in total. The van der Waals surface area contributed by atoms with Crippen LogP contribution in [0.2, 0.25) is 51.4 Å². The van der Waals surface area contributed by atoms with Gasteiger partial charge in [0.25, 0.3) is 0 Å². The Labute approximate surface area is 374 Å². The maximum Gasteiger partial charge on any atom is 0.528 e. The van der Waals surface area contributed by atoms with Crippen LogP contribution in [-0.4, -0.2) is 115 Å². The first-order valence-electron chi connectivity index (χ1n) is 22.1. The normalized spacial score (nSPS) is 17.7. The van der Waals surface area contributed by atoms with Gasteiger partial charge in [0.1, 0.15) is 42.4 Å². The Hall–Kier alpha value is -4.57. The van der Waals surface area contributed by atoms with E-state index in [9.17, 15) is 9.59 Å². The van der Waals surface area contributed by atoms with E-state index in [1.807, 2.05) is 50.7 Å². The third-order valence-electron chi connectivity index (χ3n) is 10.6. The van der Waals surface area contributed by atoms with Gasteiger partial charge >= 0.3 is 12.2 Å². The van der Waals surface area contributed by atoms with Crippen LogP contribution in [0.1, 0.15) is 91.0 Å². The van der Waals surface area contributed by atoms with Gasteiger partial charge in [-0.2, -0.15) is 0 Å². The Bertz CT molecular complexity index is 2150. The van der Waals surface area contributed by atoms with Crippen LogP contribution in [0, 0.1) is 0 Å². The van der Waals surface area contributed by atoms with Crippen molar-refractivity contribution >= 4 is 28.4 Å². The van der Waals surface area contributed by atoms with Gasteiger partial charge < -0.3 is 32.9 Å². The molecule has 2 aliphatic rings. The summed E-state index contributed by atoms with van der Waals surface area (Å²) in [6.45, 7) is 27.9. The maximum absolute atomic E-state index is 13.3. The minimum atomic E-state index is -1.33. The van der Waals surface area contributed by atoms with Crippen LogP contribution >= 0.6 is 0 Å². The van der Waals surface area contributed by atoms with E-state index < -0.39 is 33.5 Å². The zero-order valence-corrected chi connectivity index (χ0v) is 41.4. The fourth-order valence-electron chi connectivity index (χ4n) is 7.31. The first-order valence-corrected chi connectivity index (χ1v) is 29.6. The van der Waals surface area contributed by atoms with Gasteiger partial charge in [-0.1, -0.05) is 39.3 Å². The van der Waals surface area contributed by atoms with Crippen molar-refractivity contribution in [3.8, 4) is 34.2 Å². The fraction of sp³-hybridized carbons (Fsp3) is 0.636. The van der Waals surface area contributed by atoms with E-state index in [1.54, 1.807) is 47.1 Å². The molecule has 344 valence electrons. The second-order valence-electron chi connectivity index (χ2n) is 20.8. The van der Waals surface area contributed by atoms with E-state index in [0.29, 0.717) is 38.0 Å². The Morgan fingerprint density at radius 2 is 1.06 bits per heavy atom. The van der Waals surface area contributed by atoms with Gasteiger partial charge in [-0.3, -0.25) is 4.90 Å². The van der Waals surface area contributed by atoms with E-state index in [1.165, 1.54) is 0 Å². The molecule has 4 aromatic heterocycles. The molecule has 0 bridgehead atoms. The number of carbonyl (C=O) groups is 2. The summed E-state index contributed by atoms with van der Waals surface area (Å²) in [6.07, 6.45) is 12.6. The van der Waals surface area contributed by atoms with Crippen molar-refractivity contribution in [2.45, 2.75) is 155 Å². The summed E-state index contributed by atoms with van der Waals surface area (Å²) in [4.78, 5) is 61.9. The third kappa shape index (κ3) is 13.2. The molecule has 0 spiro atoms. The molecule has 6 heterocycles. The molecule has 1 amide bonds. The number of hydroxylamine groups is 2. The summed E-state index contributed by atoms with van der Waals surface area (Å²) in [5.74, 6) is 2.18. The number of rotatable bonds is 16. The average molecular weight is 905 g/mol. The molecule has 6 rings (SSSR count). The lowest BCUT2D eigenvalue weighted by Crippen LogP contribution is -2.37.